The van der Waals surface area contributed by atoms with Crippen LogP contribution in [-0.4, -0.2) is 12.1 Å². The fraction of sp³-hybridized carbons (Fsp3) is 0. The fourth-order valence-corrected chi connectivity index (χ4v) is 1.79. The molecule has 0 saturated carbocycles. The van der Waals surface area contributed by atoms with Crippen molar-refractivity contribution in [3.05, 3.63) is 69.5 Å². The second-order valence-corrected chi connectivity index (χ2v) is 4.68. The molecule has 0 aliphatic heterocycles. The highest BCUT2D eigenvalue weighted by atomic mass is 35.5. The van der Waals surface area contributed by atoms with E-state index in [0.29, 0.717) is 10.6 Å². The van der Waals surface area contributed by atoms with Crippen molar-refractivity contribution >= 4 is 35.3 Å². The van der Waals surface area contributed by atoms with Crippen LogP contribution >= 0.6 is 23.2 Å². The van der Waals surface area contributed by atoms with Crippen LogP contribution in [-0.2, 0) is 0 Å². The van der Waals surface area contributed by atoms with Gasteiger partial charge < -0.3 is 0 Å². The smallest absolute Gasteiger partial charge is 0.267 e. The van der Waals surface area contributed by atoms with Crippen molar-refractivity contribution in [2.75, 3.05) is 0 Å². The van der Waals surface area contributed by atoms with Crippen molar-refractivity contribution in [1.82, 2.24) is 5.43 Å². The van der Waals surface area contributed by atoms with Crippen molar-refractivity contribution in [3.63, 3.8) is 0 Å². The van der Waals surface area contributed by atoms with Gasteiger partial charge in [-0.05, 0) is 36.4 Å². The Morgan fingerprint density at radius 3 is 2.50 bits per heavy atom. The first-order valence-electron chi connectivity index (χ1n) is 5.61. The molecule has 0 unspecified atom stereocenters. The molecule has 1 amide bonds. The van der Waals surface area contributed by atoms with Gasteiger partial charge in [0.25, 0.3) is 5.91 Å². The molecule has 0 saturated heterocycles. The van der Waals surface area contributed by atoms with E-state index in [2.05, 4.69) is 10.5 Å². The van der Waals surface area contributed by atoms with Gasteiger partial charge in [-0.15, -0.1) is 0 Å². The molecule has 0 heterocycles. The van der Waals surface area contributed by atoms with Crippen molar-refractivity contribution in [1.29, 1.82) is 0 Å². The van der Waals surface area contributed by atoms with E-state index in [0.717, 1.165) is 6.21 Å². The molecule has 0 aliphatic rings. The van der Waals surface area contributed by atoms with Crippen molar-refractivity contribution in [2.45, 2.75) is 0 Å². The molecule has 3 nitrogen and oxygen atoms in total. The molecule has 1 N–H and O–H groups in total. The van der Waals surface area contributed by atoms with Gasteiger partial charge >= 0.3 is 0 Å². The van der Waals surface area contributed by atoms with Crippen molar-refractivity contribution < 1.29 is 9.18 Å². The number of rotatable bonds is 3. The minimum atomic E-state index is -0.512. The summed E-state index contributed by atoms with van der Waals surface area (Å²) in [5.74, 6) is -0.938. The first-order chi connectivity index (χ1) is 9.58. The lowest BCUT2D eigenvalue weighted by molar-refractivity contribution is 0.0955. The van der Waals surface area contributed by atoms with Crippen LogP contribution in [0.5, 0.6) is 0 Å². The molecule has 2 aromatic rings. The second-order valence-electron chi connectivity index (χ2n) is 3.84. The number of hydrogen-bond acceptors (Lipinski definition) is 2. The Bertz CT molecular complexity index is 636. The van der Waals surface area contributed by atoms with Crippen LogP contribution in [0.4, 0.5) is 4.39 Å². The van der Waals surface area contributed by atoms with Gasteiger partial charge in [-0.3, -0.25) is 4.79 Å². The summed E-state index contributed by atoms with van der Waals surface area (Å²) in [4.78, 5) is 11.7. The zero-order valence-electron chi connectivity index (χ0n) is 10.1. The Balaban J connectivity index is 2.06. The largest absolute Gasteiger partial charge is 0.271 e. The van der Waals surface area contributed by atoms with Crippen LogP contribution in [0.1, 0.15) is 15.9 Å². The van der Waals surface area contributed by atoms with E-state index in [4.69, 9.17) is 23.2 Å². The number of amides is 1. The van der Waals surface area contributed by atoms with Gasteiger partial charge in [0.1, 0.15) is 5.82 Å². The van der Waals surface area contributed by atoms with E-state index < -0.39 is 11.7 Å². The standard InChI is InChI=1S/C14H9Cl2FN2O/c15-10-6-4-9(5-7-10)14(20)19-18-8-11-12(16)2-1-3-13(11)17/h1-8H,(H,19,20). The maximum absolute atomic E-state index is 13.4. The molecule has 20 heavy (non-hydrogen) atoms. The Morgan fingerprint density at radius 2 is 1.85 bits per heavy atom. The molecular formula is C14H9Cl2FN2O. The van der Waals surface area contributed by atoms with Crippen LogP contribution in [0.15, 0.2) is 47.6 Å². The topological polar surface area (TPSA) is 41.5 Å². The molecule has 0 radical (unpaired) electrons. The number of carbonyl (C=O) groups excluding carboxylic acids is 1. The quantitative estimate of drug-likeness (QED) is 0.678. The summed E-state index contributed by atoms with van der Waals surface area (Å²) in [7, 11) is 0. The number of carbonyl (C=O) groups is 1. The molecule has 2 rings (SSSR count). The van der Waals surface area contributed by atoms with E-state index in [1.165, 1.54) is 18.2 Å². The first kappa shape index (κ1) is 14.5. The highest BCUT2D eigenvalue weighted by Crippen LogP contribution is 2.16. The van der Waals surface area contributed by atoms with E-state index >= 15 is 0 Å². The Hall–Kier alpha value is -1.91. The van der Waals surface area contributed by atoms with Crippen LogP contribution in [0.25, 0.3) is 0 Å². The van der Waals surface area contributed by atoms with E-state index in [1.807, 2.05) is 0 Å². The average Bonchev–Trinajstić information content (AvgIpc) is 2.42. The monoisotopic (exact) mass is 310 g/mol. The minimum absolute atomic E-state index is 0.116. The number of nitrogens with one attached hydrogen (secondary N) is 1. The average molecular weight is 311 g/mol. The molecule has 0 aliphatic carbocycles. The summed E-state index contributed by atoms with van der Waals surface area (Å²) in [5.41, 5.74) is 2.79. The summed E-state index contributed by atoms with van der Waals surface area (Å²) in [6.07, 6.45) is 1.16. The zero-order chi connectivity index (χ0) is 14.5. The lowest BCUT2D eigenvalue weighted by atomic mass is 10.2. The third-order valence-electron chi connectivity index (χ3n) is 2.47. The summed E-state index contributed by atoms with van der Waals surface area (Å²) in [6, 6.07) is 10.6. The summed E-state index contributed by atoms with van der Waals surface area (Å²) < 4.78 is 13.4. The molecule has 2 aromatic carbocycles. The van der Waals surface area contributed by atoms with Gasteiger partial charge in [0.2, 0.25) is 0 Å². The number of halogens is 3. The van der Waals surface area contributed by atoms with Crippen LogP contribution < -0.4 is 5.43 Å². The Kier molecular flexibility index (Phi) is 4.71. The van der Waals surface area contributed by atoms with Gasteiger partial charge in [-0.25, -0.2) is 9.82 Å². The highest BCUT2D eigenvalue weighted by Gasteiger charge is 2.05. The van der Waals surface area contributed by atoms with Crippen molar-refractivity contribution in [2.24, 2.45) is 5.10 Å². The van der Waals surface area contributed by atoms with E-state index in [1.54, 1.807) is 24.3 Å². The first-order valence-corrected chi connectivity index (χ1v) is 6.36. The number of benzene rings is 2. The van der Waals surface area contributed by atoms with Crippen LogP contribution in [0.2, 0.25) is 10.0 Å². The fourth-order valence-electron chi connectivity index (χ4n) is 1.46. The van der Waals surface area contributed by atoms with Gasteiger partial charge in [-0.1, -0.05) is 29.3 Å². The maximum atomic E-state index is 13.4. The molecule has 102 valence electrons. The lowest BCUT2D eigenvalue weighted by Crippen LogP contribution is -2.17. The van der Waals surface area contributed by atoms with Crippen LogP contribution in [0.3, 0.4) is 0 Å². The van der Waals surface area contributed by atoms with E-state index in [-0.39, 0.29) is 10.6 Å². The highest BCUT2D eigenvalue weighted by molar-refractivity contribution is 6.33. The minimum Gasteiger partial charge on any atom is -0.267 e. The van der Waals surface area contributed by atoms with E-state index in [9.17, 15) is 9.18 Å². The predicted molar refractivity (Wildman–Crippen MR) is 77.9 cm³/mol. The zero-order valence-corrected chi connectivity index (χ0v) is 11.6. The molecule has 0 aromatic heterocycles. The number of hydrogen-bond donors (Lipinski definition) is 1. The van der Waals surface area contributed by atoms with Crippen molar-refractivity contribution in [3.8, 4) is 0 Å². The second kappa shape index (κ2) is 6.50. The van der Waals surface area contributed by atoms with Gasteiger partial charge in [-0.2, -0.15) is 5.10 Å². The normalized spacial score (nSPS) is 10.8. The predicted octanol–water partition coefficient (Wildman–Crippen LogP) is 3.90. The van der Waals surface area contributed by atoms with Gasteiger partial charge in [0.05, 0.1) is 11.2 Å². The Labute approximate surface area is 125 Å². The number of nitrogens with zero attached hydrogens (tertiary/aromatic N) is 1. The molecular weight excluding hydrogens is 302 g/mol. The Morgan fingerprint density at radius 1 is 1.15 bits per heavy atom. The van der Waals surface area contributed by atoms with Gasteiger partial charge in [0, 0.05) is 16.1 Å². The van der Waals surface area contributed by atoms with Gasteiger partial charge in [0.15, 0.2) is 0 Å². The molecule has 0 atom stereocenters. The molecule has 6 heteroatoms. The number of hydrazone groups is 1. The molecule has 0 bridgehead atoms. The summed E-state index contributed by atoms with van der Waals surface area (Å²) >= 11 is 11.5. The molecule has 0 spiro atoms. The summed E-state index contributed by atoms with van der Waals surface area (Å²) in [5, 5.41) is 4.43. The maximum Gasteiger partial charge on any atom is 0.271 e. The summed E-state index contributed by atoms with van der Waals surface area (Å²) in [6.45, 7) is 0. The third-order valence-corrected chi connectivity index (χ3v) is 3.05. The SMILES string of the molecule is O=C(NN=Cc1c(F)cccc1Cl)c1ccc(Cl)cc1. The molecule has 0 fully saturated rings. The third kappa shape index (κ3) is 3.56. The van der Waals surface area contributed by atoms with Crippen LogP contribution in [0, 0.1) is 5.82 Å². The lowest BCUT2D eigenvalue weighted by Gasteiger charge is -2.01.